The Morgan fingerprint density at radius 1 is 1.17 bits per heavy atom. The maximum absolute atomic E-state index is 12.3. The molecule has 1 aromatic heterocycles. The largest absolute Gasteiger partial charge is 0.496 e. The van der Waals surface area contributed by atoms with Gasteiger partial charge < -0.3 is 9.15 Å². The van der Waals surface area contributed by atoms with Gasteiger partial charge in [-0.05, 0) is 60.2 Å². The molecule has 0 fully saturated rings. The van der Waals surface area contributed by atoms with Crippen molar-refractivity contribution in [3.8, 4) is 5.75 Å². The number of benzene rings is 2. The van der Waals surface area contributed by atoms with Crippen LogP contribution in [0.2, 0.25) is 5.02 Å². The first-order valence-electron chi connectivity index (χ1n) is 8.55. The Morgan fingerprint density at radius 2 is 1.97 bits per heavy atom. The van der Waals surface area contributed by atoms with Crippen molar-refractivity contribution in [3.63, 3.8) is 0 Å². The number of hydrogen-bond acceptors (Lipinski definition) is 6. The third kappa shape index (κ3) is 6.03. The molecular formula is C20H19ClN2O4S2. The van der Waals surface area contributed by atoms with Crippen LogP contribution in [0.1, 0.15) is 16.9 Å². The molecule has 6 nitrogen and oxygen atoms in total. The second-order valence-corrected chi connectivity index (χ2v) is 9.03. The van der Waals surface area contributed by atoms with Crippen molar-refractivity contribution in [1.29, 1.82) is 0 Å². The van der Waals surface area contributed by atoms with Crippen LogP contribution in [-0.2, 0) is 21.5 Å². The SMILES string of the molecule is COc1ccc(/C=N/NS(=O)(=O)c2ccc(Cl)cc2)cc1CSCc1ccco1. The van der Waals surface area contributed by atoms with Gasteiger partial charge in [0, 0.05) is 16.3 Å². The first-order chi connectivity index (χ1) is 14.0. The highest BCUT2D eigenvalue weighted by Crippen LogP contribution is 2.26. The second kappa shape index (κ2) is 9.87. The van der Waals surface area contributed by atoms with E-state index in [0.717, 1.165) is 28.4 Å². The van der Waals surface area contributed by atoms with E-state index in [4.69, 9.17) is 20.8 Å². The van der Waals surface area contributed by atoms with Gasteiger partial charge in [0.1, 0.15) is 11.5 Å². The van der Waals surface area contributed by atoms with Gasteiger partial charge in [0.25, 0.3) is 10.0 Å². The molecule has 0 amide bonds. The Balaban J connectivity index is 1.66. The Hall–Kier alpha value is -2.42. The lowest BCUT2D eigenvalue weighted by molar-refractivity contribution is 0.411. The molecule has 0 aliphatic carbocycles. The Morgan fingerprint density at radius 3 is 2.66 bits per heavy atom. The lowest BCUT2D eigenvalue weighted by atomic mass is 10.1. The zero-order valence-electron chi connectivity index (χ0n) is 15.5. The summed E-state index contributed by atoms with van der Waals surface area (Å²) < 4.78 is 35.3. The van der Waals surface area contributed by atoms with E-state index >= 15 is 0 Å². The van der Waals surface area contributed by atoms with E-state index in [2.05, 4.69) is 9.93 Å². The standard InChI is InChI=1S/C20H19ClN2O4S2/c1-26-20-9-4-15(11-16(20)13-28-14-18-3-2-10-27-18)12-22-23-29(24,25)19-7-5-17(21)6-8-19/h2-12,23H,13-14H2,1H3/b22-12+. The number of hydrogen-bond donors (Lipinski definition) is 1. The Bertz CT molecular complexity index is 1070. The van der Waals surface area contributed by atoms with Crippen LogP contribution < -0.4 is 9.57 Å². The number of halogens is 1. The summed E-state index contributed by atoms with van der Waals surface area (Å²) in [6, 6.07) is 15.2. The summed E-state index contributed by atoms with van der Waals surface area (Å²) >= 11 is 7.48. The number of ether oxygens (including phenoxy) is 1. The summed E-state index contributed by atoms with van der Waals surface area (Å²) in [7, 11) is -2.14. The van der Waals surface area contributed by atoms with Gasteiger partial charge in [0.05, 0.1) is 30.2 Å². The molecule has 1 heterocycles. The Kier molecular flexibility index (Phi) is 7.24. The van der Waals surface area contributed by atoms with E-state index < -0.39 is 10.0 Å². The molecule has 0 aliphatic heterocycles. The molecule has 9 heteroatoms. The van der Waals surface area contributed by atoms with Gasteiger partial charge in [0.15, 0.2) is 0 Å². The minimum atomic E-state index is -3.76. The summed E-state index contributed by atoms with van der Waals surface area (Å²) in [6.07, 6.45) is 3.10. The van der Waals surface area contributed by atoms with Crippen LogP contribution in [0.3, 0.4) is 0 Å². The zero-order chi connectivity index (χ0) is 20.7. The van der Waals surface area contributed by atoms with Gasteiger partial charge in [-0.3, -0.25) is 0 Å². The number of thioether (sulfide) groups is 1. The van der Waals surface area contributed by atoms with Crippen molar-refractivity contribution < 1.29 is 17.6 Å². The molecule has 1 N–H and O–H groups in total. The lowest BCUT2D eigenvalue weighted by Gasteiger charge is -2.09. The topological polar surface area (TPSA) is 80.9 Å². The molecule has 3 rings (SSSR count). The number of nitrogens with zero attached hydrogens (tertiary/aromatic N) is 1. The molecule has 0 unspecified atom stereocenters. The maximum Gasteiger partial charge on any atom is 0.276 e. The smallest absolute Gasteiger partial charge is 0.276 e. The monoisotopic (exact) mass is 450 g/mol. The minimum Gasteiger partial charge on any atom is -0.496 e. The summed E-state index contributed by atoms with van der Waals surface area (Å²) in [5, 5.41) is 4.33. The van der Waals surface area contributed by atoms with E-state index in [1.54, 1.807) is 31.2 Å². The summed E-state index contributed by atoms with van der Waals surface area (Å²) in [5.41, 5.74) is 1.73. The molecule has 152 valence electrons. The predicted octanol–water partition coefficient (Wildman–Crippen LogP) is 4.69. The molecule has 3 aromatic rings. The summed E-state index contributed by atoms with van der Waals surface area (Å²) in [5.74, 6) is 3.12. The zero-order valence-corrected chi connectivity index (χ0v) is 17.9. The van der Waals surface area contributed by atoms with E-state index in [1.165, 1.54) is 30.5 Å². The van der Waals surface area contributed by atoms with Crippen LogP contribution in [-0.4, -0.2) is 21.7 Å². The highest BCUT2D eigenvalue weighted by Gasteiger charge is 2.12. The van der Waals surface area contributed by atoms with Gasteiger partial charge in [0.2, 0.25) is 0 Å². The normalized spacial score (nSPS) is 11.7. The molecular weight excluding hydrogens is 432 g/mol. The predicted molar refractivity (Wildman–Crippen MR) is 116 cm³/mol. The maximum atomic E-state index is 12.3. The first-order valence-corrected chi connectivity index (χ1v) is 11.6. The highest BCUT2D eigenvalue weighted by atomic mass is 35.5. The third-order valence-corrected chi connectivity index (χ3v) is 6.39. The summed E-state index contributed by atoms with van der Waals surface area (Å²) in [4.78, 5) is 2.29. The highest BCUT2D eigenvalue weighted by molar-refractivity contribution is 7.97. The fraction of sp³-hybridized carbons (Fsp3) is 0.150. The van der Waals surface area contributed by atoms with Crippen molar-refractivity contribution >= 4 is 39.6 Å². The van der Waals surface area contributed by atoms with Crippen LogP contribution in [0.25, 0.3) is 0 Å². The number of sulfonamides is 1. The number of hydrazone groups is 1. The number of methoxy groups -OCH3 is 1. The van der Waals surface area contributed by atoms with Crippen molar-refractivity contribution in [2.75, 3.05) is 7.11 Å². The van der Waals surface area contributed by atoms with Crippen LogP contribution in [0.15, 0.2) is 75.3 Å². The van der Waals surface area contributed by atoms with E-state index in [9.17, 15) is 8.42 Å². The molecule has 0 spiro atoms. The molecule has 0 bridgehead atoms. The number of furan rings is 1. The quantitative estimate of drug-likeness (QED) is 0.378. The first kappa shape index (κ1) is 21.3. The minimum absolute atomic E-state index is 0.0868. The molecule has 0 radical (unpaired) electrons. The van der Waals surface area contributed by atoms with E-state index in [-0.39, 0.29) is 4.90 Å². The van der Waals surface area contributed by atoms with Gasteiger partial charge in [-0.2, -0.15) is 13.5 Å². The van der Waals surface area contributed by atoms with Crippen LogP contribution in [0.5, 0.6) is 5.75 Å². The van der Waals surface area contributed by atoms with Gasteiger partial charge in [-0.25, -0.2) is 4.83 Å². The van der Waals surface area contributed by atoms with Gasteiger partial charge >= 0.3 is 0 Å². The van der Waals surface area contributed by atoms with Crippen molar-refractivity contribution in [3.05, 3.63) is 82.8 Å². The number of nitrogens with one attached hydrogen (secondary N) is 1. The summed E-state index contributed by atoms with van der Waals surface area (Å²) in [6.45, 7) is 0. The molecule has 2 aromatic carbocycles. The molecule has 0 atom stereocenters. The molecule has 0 saturated carbocycles. The average Bonchev–Trinajstić information content (AvgIpc) is 3.22. The van der Waals surface area contributed by atoms with Crippen molar-refractivity contribution in [2.24, 2.45) is 5.10 Å². The van der Waals surface area contributed by atoms with E-state index in [0.29, 0.717) is 10.8 Å². The van der Waals surface area contributed by atoms with Crippen LogP contribution >= 0.6 is 23.4 Å². The average molecular weight is 451 g/mol. The molecule has 29 heavy (non-hydrogen) atoms. The molecule has 0 saturated heterocycles. The second-order valence-electron chi connectivity index (χ2n) is 5.95. The van der Waals surface area contributed by atoms with Crippen molar-refractivity contribution in [2.45, 2.75) is 16.4 Å². The van der Waals surface area contributed by atoms with Crippen molar-refractivity contribution in [1.82, 2.24) is 4.83 Å². The van der Waals surface area contributed by atoms with Gasteiger partial charge in [-0.1, -0.05) is 11.6 Å². The fourth-order valence-electron chi connectivity index (χ4n) is 2.48. The fourth-order valence-corrected chi connectivity index (χ4v) is 4.31. The van der Waals surface area contributed by atoms with Gasteiger partial charge in [-0.15, -0.1) is 11.8 Å². The van der Waals surface area contributed by atoms with E-state index in [1.807, 2.05) is 24.3 Å². The molecule has 0 aliphatic rings. The number of rotatable bonds is 9. The van der Waals surface area contributed by atoms with Crippen LogP contribution in [0, 0.1) is 0 Å². The van der Waals surface area contributed by atoms with Crippen LogP contribution in [0.4, 0.5) is 0 Å². The lowest BCUT2D eigenvalue weighted by Crippen LogP contribution is -2.18. The Labute approximate surface area is 179 Å². The third-order valence-electron chi connectivity index (χ3n) is 3.90.